The zero-order valence-electron chi connectivity index (χ0n) is 10.4. The van der Waals surface area contributed by atoms with Crippen molar-refractivity contribution >= 4 is 5.91 Å². The van der Waals surface area contributed by atoms with Crippen LogP contribution in [0.2, 0.25) is 0 Å². The van der Waals surface area contributed by atoms with E-state index < -0.39 is 0 Å². The van der Waals surface area contributed by atoms with Crippen LogP contribution in [0.4, 0.5) is 0 Å². The summed E-state index contributed by atoms with van der Waals surface area (Å²) >= 11 is 0. The number of likely N-dealkylation sites (N-methyl/N-ethyl adjacent to an activating group) is 1. The number of carbonyl (C=O) groups is 1. The molecule has 1 atom stereocenters. The minimum atomic E-state index is 0.102. The lowest BCUT2D eigenvalue weighted by atomic mass is 10.1. The van der Waals surface area contributed by atoms with Crippen molar-refractivity contribution < 1.29 is 4.79 Å². The van der Waals surface area contributed by atoms with Gasteiger partial charge < -0.3 is 16.0 Å². The fourth-order valence-electron chi connectivity index (χ4n) is 1.10. The summed E-state index contributed by atoms with van der Waals surface area (Å²) in [6, 6.07) is 0.518. The molecule has 4 heteroatoms. The lowest BCUT2D eigenvalue weighted by Gasteiger charge is -2.21. The second kappa shape index (κ2) is 7.65. The summed E-state index contributed by atoms with van der Waals surface area (Å²) in [5, 5.41) is 2.90. The Balaban J connectivity index is 3.55. The van der Waals surface area contributed by atoms with Gasteiger partial charge in [0.2, 0.25) is 5.91 Å². The number of rotatable bonds is 7. The smallest absolute Gasteiger partial charge is 0.220 e. The number of hydrogen-bond donors (Lipinski definition) is 2. The van der Waals surface area contributed by atoms with E-state index in [4.69, 9.17) is 5.73 Å². The number of carbonyl (C=O) groups excluding carboxylic acids is 1. The molecule has 0 aliphatic rings. The second-order valence-electron chi connectivity index (χ2n) is 4.47. The quantitative estimate of drug-likeness (QED) is 0.647. The molecule has 0 heterocycles. The SMILES string of the molecule is CC(CN)CC(=O)NCCN(C)C(C)C. The molecule has 0 radical (unpaired) electrons. The van der Waals surface area contributed by atoms with Crippen LogP contribution in [-0.2, 0) is 4.79 Å². The fourth-order valence-corrected chi connectivity index (χ4v) is 1.10. The molecular weight excluding hydrogens is 190 g/mol. The van der Waals surface area contributed by atoms with Crippen LogP contribution in [0.25, 0.3) is 0 Å². The van der Waals surface area contributed by atoms with Gasteiger partial charge in [0.1, 0.15) is 0 Å². The van der Waals surface area contributed by atoms with E-state index in [0.717, 1.165) is 6.54 Å². The highest BCUT2D eigenvalue weighted by atomic mass is 16.1. The summed E-state index contributed by atoms with van der Waals surface area (Å²) in [6.45, 7) is 8.43. The lowest BCUT2D eigenvalue weighted by molar-refractivity contribution is -0.121. The molecule has 0 saturated carbocycles. The lowest BCUT2D eigenvalue weighted by Crippen LogP contribution is -2.36. The van der Waals surface area contributed by atoms with E-state index >= 15 is 0 Å². The average Bonchev–Trinajstić information content (AvgIpc) is 2.17. The Morgan fingerprint density at radius 3 is 2.47 bits per heavy atom. The van der Waals surface area contributed by atoms with Gasteiger partial charge in [-0.3, -0.25) is 4.79 Å². The second-order valence-corrected chi connectivity index (χ2v) is 4.47. The molecule has 0 rings (SSSR count). The zero-order valence-corrected chi connectivity index (χ0v) is 10.4. The van der Waals surface area contributed by atoms with Gasteiger partial charge >= 0.3 is 0 Å². The van der Waals surface area contributed by atoms with Gasteiger partial charge in [0.25, 0.3) is 0 Å². The molecule has 3 N–H and O–H groups in total. The summed E-state index contributed by atoms with van der Waals surface area (Å²) in [5.74, 6) is 0.373. The minimum Gasteiger partial charge on any atom is -0.355 e. The van der Waals surface area contributed by atoms with Crippen molar-refractivity contribution in [3.8, 4) is 0 Å². The van der Waals surface area contributed by atoms with E-state index in [-0.39, 0.29) is 11.8 Å². The normalized spacial score (nSPS) is 13.3. The Hall–Kier alpha value is -0.610. The largest absolute Gasteiger partial charge is 0.355 e. The summed E-state index contributed by atoms with van der Waals surface area (Å²) in [7, 11) is 2.05. The minimum absolute atomic E-state index is 0.102. The molecule has 15 heavy (non-hydrogen) atoms. The molecular formula is C11H25N3O. The average molecular weight is 215 g/mol. The van der Waals surface area contributed by atoms with Crippen LogP contribution >= 0.6 is 0 Å². The van der Waals surface area contributed by atoms with E-state index in [1.165, 1.54) is 0 Å². The van der Waals surface area contributed by atoms with Crippen LogP contribution in [0.15, 0.2) is 0 Å². The Kier molecular flexibility index (Phi) is 7.34. The highest BCUT2D eigenvalue weighted by Gasteiger charge is 2.07. The first kappa shape index (κ1) is 14.4. The predicted molar refractivity (Wildman–Crippen MR) is 63.6 cm³/mol. The van der Waals surface area contributed by atoms with Crippen LogP contribution < -0.4 is 11.1 Å². The van der Waals surface area contributed by atoms with Gasteiger partial charge in [0, 0.05) is 25.6 Å². The first-order chi connectivity index (χ1) is 6.97. The van der Waals surface area contributed by atoms with Crippen LogP contribution in [0.3, 0.4) is 0 Å². The monoisotopic (exact) mass is 215 g/mol. The van der Waals surface area contributed by atoms with Crippen LogP contribution in [0.5, 0.6) is 0 Å². The summed E-state index contributed by atoms with van der Waals surface area (Å²) in [6.07, 6.45) is 0.530. The van der Waals surface area contributed by atoms with E-state index in [0.29, 0.717) is 25.6 Å². The van der Waals surface area contributed by atoms with Gasteiger partial charge in [0.05, 0.1) is 0 Å². The van der Waals surface area contributed by atoms with Crippen molar-refractivity contribution in [2.45, 2.75) is 33.2 Å². The van der Waals surface area contributed by atoms with E-state index in [2.05, 4.69) is 31.1 Å². The molecule has 90 valence electrons. The topological polar surface area (TPSA) is 58.4 Å². The van der Waals surface area contributed by atoms with Crippen molar-refractivity contribution in [2.75, 3.05) is 26.7 Å². The van der Waals surface area contributed by atoms with Crippen molar-refractivity contribution in [2.24, 2.45) is 11.7 Å². The van der Waals surface area contributed by atoms with Crippen LogP contribution in [0.1, 0.15) is 27.2 Å². The third kappa shape index (κ3) is 7.33. The maximum Gasteiger partial charge on any atom is 0.220 e. The van der Waals surface area contributed by atoms with Gasteiger partial charge in [0.15, 0.2) is 0 Å². The Morgan fingerprint density at radius 1 is 1.40 bits per heavy atom. The maximum atomic E-state index is 11.4. The number of nitrogens with two attached hydrogens (primary N) is 1. The van der Waals surface area contributed by atoms with Crippen LogP contribution in [0, 0.1) is 5.92 Å². The highest BCUT2D eigenvalue weighted by Crippen LogP contribution is 1.97. The van der Waals surface area contributed by atoms with Crippen molar-refractivity contribution in [1.29, 1.82) is 0 Å². The van der Waals surface area contributed by atoms with Gasteiger partial charge in [-0.2, -0.15) is 0 Å². The fraction of sp³-hybridized carbons (Fsp3) is 0.909. The third-order valence-corrected chi connectivity index (χ3v) is 2.60. The molecule has 0 aliphatic heterocycles. The van der Waals surface area contributed by atoms with Gasteiger partial charge in [-0.15, -0.1) is 0 Å². The van der Waals surface area contributed by atoms with Crippen molar-refractivity contribution in [3.63, 3.8) is 0 Å². The molecule has 0 spiro atoms. The van der Waals surface area contributed by atoms with Gasteiger partial charge in [-0.05, 0) is 33.4 Å². The van der Waals surface area contributed by atoms with E-state index in [9.17, 15) is 4.79 Å². The van der Waals surface area contributed by atoms with Crippen LogP contribution in [-0.4, -0.2) is 43.5 Å². The van der Waals surface area contributed by atoms with E-state index in [1.807, 2.05) is 6.92 Å². The van der Waals surface area contributed by atoms with Crippen molar-refractivity contribution in [3.05, 3.63) is 0 Å². The Morgan fingerprint density at radius 2 is 2.00 bits per heavy atom. The summed E-state index contributed by atoms with van der Waals surface area (Å²) in [5.41, 5.74) is 5.45. The molecule has 0 fully saturated rings. The Labute approximate surface area is 93.2 Å². The zero-order chi connectivity index (χ0) is 11.8. The maximum absolute atomic E-state index is 11.4. The number of nitrogens with one attached hydrogen (secondary N) is 1. The van der Waals surface area contributed by atoms with Gasteiger partial charge in [-0.25, -0.2) is 0 Å². The molecule has 0 aromatic heterocycles. The van der Waals surface area contributed by atoms with E-state index in [1.54, 1.807) is 0 Å². The number of amides is 1. The third-order valence-electron chi connectivity index (χ3n) is 2.60. The summed E-state index contributed by atoms with van der Waals surface area (Å²) in [4.78, 5) is 13.6. The molecule has 0 aliphatic carbocycles. The van der Waals surface area contributed by atoms with Gasteiger partial charge in [-0.1, -0.05) is 6.92 Å². The number of hydrogen-bond acceptors (Lipinski definition) is 3. The molecule has 0 saturated heterocycles. The highest BCUT2D eigenvalue weighted by molar-refractivity contribution is 5.76. The molecule has 4 nitrogen and oxygen atoms in total. The first-order valence-electron chi connectivity index (χ1n) is 5.64. The van der Waals surface area contributed by atoms with Crippen molar-refractivity contribution in [1.82, 2.24) is 10.2 Å². The number of nitrogens with zero attached hydrogens (tertiary/aromatic N) is 1. The standard InChI is InChI=1S/C11H25N3O/c1-9(2)14(4)6-5-13-11(15)7-10(3)8-12/h9-10H,5-8,12H2,1-4H3,(H,13,15). The Bertz CT molecular complexity index is 183. The molecule has 0 aromatic carbocycles. The summed E-state index contributed by atoms with van der Waals surface area (Å²) < 4.78 is 0. The molecule has 0 aromatic rings. The molecule has 1 amide bonds. The molecule has 1 unspecified atom stereocenters. The predicted octanol–water partition coefficient (Wildman–Crippen LogP) is 0.428. The first-order valence-corrected chi connectivity index (χ1v) is 5.64. The molecule has 0 bridgehead atoms.